The first-order valence-electron chi connectivity index (χ1n) is 7.19. The van der Waals surface area contributed by atoms with E-state index < -0.39 is 0 Å². The monoisotopic (exact) mass is 299 g/mol. The smallest absolute Gasteiger partial charge is 0.254 e. The van der Waals surface area contributed by atoms with E-state index in [4.69, 9.17) is 10.5 Å². The van der Waals surface area contributed by atoms with E-state index in [1.807, 2.05) is 24.3 Å². The van der Waals surface area contributed by atoms with Crippen molar-refractivity contribution in [2.45, 2.75) is 19.4 Å². The van der Waals surface area contributed by atoms with Crippen molar-refractivity contribution in [1.82, 2.24) is 9.88 Å². The number of rotatable bonds is 5. The van der Waals surface area contributed by atoms with Crippen LogP contribution in [0.25, 0.3) is 0 Å². The summed E-state index contributed by atoms with van der Waals surface area (Å²) < 4.78 is 5.17. The Hall–Kier alpha value is -2.56. The Morgan fingerprint density at radius 3 is 2.55 bits per heavy atom. The van der Waals surface area contributed by atoms with Crippen LogP contribution in [0.1, 0.15) is 35.3 Å². The van der Waals surface area contributed by atoms with E-state index in [0.29, 0.717) is 11.4 Å². The number of carbonyl (C=O) groups is 1. The van der Waals surface area contributed by atoms with Gasteiger partial charge in [-0.25, -0.2) is 4.98 Å². The molecule has 0 aliphatic rings. The molecule has 0 radical (unpaired) electrons. The number of aromatic nitrogens is 1. The molecular formula is C17H21N3O2. The Bertz CT molecular complexity index is 641. The normalized spacial score (nSPS) is 11.8. The summed E-state index contributed by atoms with van der Waals surface area (Å²) in [6, 6.07) is 11.0. The van der Waals surface area contributed by atoms with Gasteiger partial charge in [-0.15, -0.1) is 0 Å². The molecule has 0 bridgehead atoms. The van der Waals surface area contributed by atoms with Crippen molar-refractivity contribution in [3.05, 3.63) is 53.7 Å². The number of nitrogen functional groups attached to an aromatic ring is 1. The third-order valence-electron chi connectivity index (χ3n) is 3.70. The molecular weight excluding hydrogens is 278 g/mol. The van der Waals surface area contributed by atoms with Gasteiger partial charge in [0.05, 0.1) is 13.2 Å². The zero-order valence-corrected chi connectivity index (χ0v) is 13.1. The molecule has 2 N–H and O–H groups in total. The highest BCUT2D eigenvalue weighted by atomic mass is 16.5. The predicted molar refractivity (Wildman–Crippen MR) is 86.8 cm³/mol. The topological polar surface area (TPSA) is 68.5 Å². The largest absolute Gasteiger partial charge is 0.497 e. The van der Waals surface area contributed by atoms with Gasteiger partial charge in [-0.3, -0.25) is 4.79 Å². The molecule has 0 saturated heterocycles. The van der Waals surface area contributed by atoms with Crippen molar-refractivity contribution in [2.24, 2.45) is 0 Å². The Kier molecular flexibility index (Phi) is 4.99. The second-order valence-corrected chi connectivity index (χ2v) is 5.08. The van der Waals surface area contributed by atoms with E-state index in [0.717, 1.165) is 17.7 Å². The van der Waals surface area contributed by atoms with Crippen molar-refractivity contribution in [3.8, 4) is 5.75 Å². The van der Waals surface area contributed by atoms with Crippen molar-refractivity contribution in [1.29, 1.82) is 0 Å². The third kappa shape index (κ3) is 3.36. The number of carbonyl (C=O) groups excluding carboxylic acids is 1. The van der Waals surface area contributed by atoms with E-state index >= 15 is 0 Å². The van der Waals surface area contributed by atoms with E-state index in [1.54, 1.807) is 37.4 Å². The molecule has 1 amide bonds. The summed E-state index contributed by atoms with van der Waals surface area (Å²) in [6.07, 6.45) is 2.36. The van der Waals surface area contributed by atoms with Gasteiger partial charge in [-0.05, 0) is 36.2 Å². The van der Waals surface area contributed by atoms with E-state index in [2.05, 4.69) is 11.9 Å². The molecule has 0 aliphatic carbocycles. The van der Waals surface area contributed by atoms with Gasteiger partial charge < -0.3 is 15.4 Å². The fourth-order valence-corrected chi connectivity index (χ4v) is 2.49. The summed E-state index contributed by atoms with van der Waals surface area (Å²) in [5, 5.41) is 0. The van der Waals surface area contributed by atoms with Crippen molar-refractivity contribution < 1.29 is 9.53 Å². The zero-order valence-electron chi connectivity index (χ0n) is 13.1. The second kappa shape index (κ2) is 6.93. The number of nitrogens with two attached hydrogens (primary N) is 1. The highest BCUT2D eigenvalue weighted by Crippen LogP contribution is 2.26. The maximum atomic E-state index is 12.6. The number of pyridine rings is 1. The molecule has 2 aromatic rings. The van der Waals surface area contributed by atoms with Gasteiger partial charge in [-0.1, -0.05) is 19.1 Å². The minimum atomic E-state index is -0.0724. The number of ether oxygens (including phenoxy) is 1. The Morgan fingerprint density at radius 2 is 2.00 bits per heavy atom. The van der Waals surface area contributed by atoms with Gasteiger partial charge in [0.1, 0.15) is 11.6 Å². The highest BCUT2D eigenvalue weighted by Gasteiger charge is 2.21. The number of hydrogen-bond donors (Lipinski definition) is 1. The highest BCUT2D eigenvalue weighted by molar-refractivity contribution is 5.94. The van der Waals surface area contributed by atoms with Crippen LogP contribution in [0, 0.1) is 0 Å². The first-order chi connectivity index (χ1) is 10.6. The van der Waals surface area contributed by atoms with Crippen LogP contribution in [0.4, 0.5) is 5.82 Å². The number of amides is 1. The first-order valence-corrected chi connectivity index (χ1v) is 7.19. The number of anilines is 1. The number of hydrogen-bond acceptors (Lipinski definition) is 4. The van der Waals surface area contributed by atoms with Gasteiger partial charge in [-0.2, -0.15) is 0 Å². The molecule has 0 saturated carbocycles. The van der Waals surface area contributed by atoms with Crippen LogP contribution in [0.15, 0.2) is 42.6 Å². The number of nitrogens with zero attached hydrogens (tertiary/aromatic N) is 2. The molecule has 22 heavy (non-hydrogen) atoms. The predicted octanol–water partition coefficient (Wildman–Crippen LogP) is 2.90. The first kappa shape index (κ1) is 15.8. The molecule has 1 atom stereocenters. The second-order valence-electron chi connectivity index (χ2n) is 5.08. The van der Waals surface area contributed by atoms with E-state index in [1.165, 1.54) is 0 Å². The summed E-state index contributed by atoms with van der Waals surface area (Å²) in [6.45, 7) is 2.06. The average Bonchev–Trinajstić information content (AvgIpc) is 2.55. The molecule has 1 unspecified atom stereocenters. The molecule has 5 heteroatoms. The van der Waals surface area contributed by atoms with Crippen LogP contribution in [0.3, 0.4) is 0 Å². The Morgan fingerprint density at radius 1 is 1.32 bits per heavy atom. The van der Waals surface area contributed by atoms with Gasteiger partial charge in [0.25, 0.3) is 5.91 Å². The quantitative estimate of drug-likeness (QED) is 0.921. The molecule has 0 aliphatic heterocycles. The van der Waals surface area contributed by atoms with Gasteiger partial charge >= 0.3 is 0 Å². The molecule has 1 heterocycles. The van der Waals surface area contributed by atoms with Crippen molar-refractivity contribution in [2.75, 3.05) is 19.9 Å². The third-order valence-corrected chi connectivity index (χ3v) is 3.70. The lowest BCUT2D eigenvalue weighted by atomic mass is 10.0. The standard InChI is InChI=1S/C17H21N3O2/c1-4-15(12-5-7-14(22-3)8-6-12)20(2)17(21)13-9-10-19-16(18)11-13/h5-11,15H,4H2,1-3H3,(H2,18,19). The van der Waals surface area contributed by atoms with Crippen LogP contribution in [0.2, 0.25) is 0 Å². The number of methoxy groups -OCH3 is 1. The fraction of sp³-hybridized carbons (Fsp3) is 0.294. The van der Waals surface area contributed by atoms with Crippen molar-refractivity contribution in [3.63, 3.8) is 0 Å². The van der Waals surface area contributed by atoms with E-state index in [-0.39, 0.29) is 11.9 Å². The fourth-order valence-electron chi connectivity index (χ4n) is 2.49. The molecule has 1 aromatic heterocycles. The molecule has 0 spiro atoms. The zero-order chi connectivity index (χ0) is 16.1. The average molecular weight is 299 g/mol. The molecule has 0 fully saturated rings. The minimum Gasteiger partial charge on any atom is -0.497 e. The van der Waals surface area contributed by atoms with Crippen LogP contribution in [-0.4, -0.2) is 29.9 Å². The maximum absolute atomic E-state index is 12.6. The number of benzene rings is 1. The lowest BCUT2D eigenvalue weighted by Crippen LogP contribution is -2.31. The van der Waals surface area contributed by atoms with Crippen LogP contribution >= 0.6 is 0 Å². The maximum Gasteiger partial charge on any atom is 0.254 e. The molecule has 5 nitrogen and oxygen atoms in total. The summed E-state index contributed by atoms with van der Waals surface area (Å²) in [5.74, 6) is 1.07. The lowest BCUT2D eigenvalue weighted by molar-refractivity contribution is 0.0726. The molecule has 116 valence electrons. The van der Waals surface area contributed by atoms with Crippen LogP contribution in [-0.2, 0) is 0 Å². The molecule has 2 rings (SSSR count). The molecule has 1 aromatic carbocycles. The SMILES string of the molecule is CCC(c1ccc(OC)cc1)N(C)C(=O)c1ccnc(N)c1. The Balaban J connectivity index is 2.23. The van der Waals surface area contributed by atoms with Crippen molar-refractivity contribution >= 4 is 11.7 Å². The minimum absolute atomic E-state index is 0.00667. The van der Waals surface area contributed by atoms with Gasteiger partial charge in [0.2, 0.25) is 0 Å². The summed E-state index contributed by atoms with van der Waals surface area (Å²) in [5.41, 5.74) is 7.27. The Labute approximate surface area is 130 Å². The summed E-state index contributed by atoms with van der Waals surface area (Å²) >= 11 is 0. The van der Waals surface area contributed by atoms with E-state index in [9.17, 15) is 4.79 Å². The van der Waals surface area contributed by atoms with Crippen LogP contribution < -0.4 is 10.5 Å². The summed E-state index contributed by atoms with van der Waals surface area (Å²) in [7, 11) is 3.44. The van der Waals surface area contributed by atoms with Crippen LogP contribution in [0.5, 0.6) is 5.75 Å². The summed E-state index contributed by atoms with van der Waals surface area (Å²) in [4.78, 5) is 18.3. The van der Waals surface area contributed by atoms with Gasteiger partial charge in [0, 0.05) is 18.8 Å². The van der Waals surface area contributed by atoms with Gasteiger partial charge in [0.15, 0.2) is 0 Å². The lowest BCUT2D eigenvalue weighted by Gasteiger charge is -2.28.